The molecular formula is C23H38O4. The Bertz CT molecular complexity index is 513. The second kappa shape index (κ2) is 15.4. The van der Waals surface area contributed by atoms with Gasteiger partial charge in [0, 0.05) is 0 Å². The Hall–Kier alpha value is -1.71. The molecule has 0 atom stereocenters. The molecule has 27 heavy (non-hydrogen) atoms. The van der Waals surface area contributed by atoms with Crippen molar-refractivity contribution in [2.45, 2.75) is 84.5 Å². The summed E-state index contributed by atoms with van der Waals surface area (Å²) in [6.45, 7) is 5.33. The first-order chi connectivity index (χ1) is 13.2. The van der Waals surface area contributed by atoms with E-state index in [-0.39, 0.29) is 5.97 Å². The first-order valence-corrected chi connectivity index (χ1v) is 10.7. The minimum Gasteiger partial charge on any atom is -0.493 e. The summed E-state index contributed by atoms with van der Waals surface area (Å²) >= 11 is 0. The van der Waals surface area contributed by atoms with Gasteiger partial charge in [-0.2, -0.15) is 0 Å². The molecule has 0 fully saturated rings. The van der Waals surface area contributed by atoms with Gasteiger partial charge in [0.25, 0.3) is 0 Å². The number of carbonyl (C=O) groups excluding carboxylic acids is 1. The van der Waals surface area contributed by atoms with Crippen LogP contribution in [-0.4, -0.2) is 26.3 Å². The molecule has 1 rings (SSSR count). The molecule has 0 unspecified atom stereocenters. The van der Waals surface area contributed by atoms with Crippen LogP contribution in [0.15, 0.2) is 18.2 Å². The van der Waals surface area contributed by atoms with Crippen molar-refractivity contribution in [2.75, 3.05) is 20.3 Å². The summed E-state index contributed by atoms with van der Waals surface area (Å²) in [5, 5.41) is 0. The highest BCUT2D eigenvalue weighted by Crippen LogP contribution is 2.28. The van der Waals surface area contributed by atoms with Crippen LogP contribution in [0, 0.1) is 0 Å². The monoisotopic (exact) mass is 378 g/mol. The fourth-order valence-electron chi connectivity index (χ4n) is 2.96. The molecule has 0 amide bonds. The van der Waals surface area contributed by atoms with Gasteiger partial charge in [0.15, 0.2) is 11.5 Å². The normalized spacial score (nSPS) is 10.6. The van der Waals surface area contributed by atoms with Gasteiger partial charge in [0.05, 0.1) is 25.9 Å². The average Bonchev–Trinajstić information content (AvgIpc) is 2.70. The number of esters is 1. The van der Waals surface area contributed by atoms with Gasteiger partial charge in [0.1, 0.15) is 0 Å². The summed E-state index contributed by atoms with van der Waals surface area (Å²) in [5.41, 5.74) is 0.492. The summed E-state index contributed by atoms with van der Waals surface area (Å²) in [5.74, 6) is 0.935. The van der Waals surface area contributed by atoms with Crippen LogP contribution in [0.4, 0.5) is 0 Å². The molecule has 1 aromatic rings. The number of hydrogen-bond donors (Lipinski definition) is 0. The molecule has 0 bridgehead atoms. The number of carbonyl (C=O) groups is 1. The summed E-state index contributed by atoms with van der Waals surface area (Å²) in [4.78, 5) is 11.9. The van der Waals surface area contributed by atoms with E-state index in [4.69, 9.17) is 14.2 Å². The molecule has 0 radical (unpaired) electrons. The highest BCUT2D eigenvalue weighted by atomic mass is 16.5. The van der Waals surface area contributed by atoms with E-state index < -0.39 is 0 Å². The largest absolute Gasteiger partial charge is 0.493 e. The quantitative estimate of drug-likeness (QED) is 0.241. The van der Waals surface area contributed by atoms with E-state index >= 15 is 0 Å². The number of rotatable bonds is 16. The van der Waals surface area contributed by atoms with Crippen molar-refractivity contribution in [1.82, 2.24) is 0 Å². The highest BCUT2D eigenvalue weighted by Gasteiger charge is 2.12. The predicted octanol–water partition coefficient (Wildman–Crippen LogP) is 6.56. The van der Waals surface area contributed by atoms with Gasteiger partial charge in [-0.05, 0) is 31.0 Å². The van der Waals surface area contributed by atoms with Crippen molar-refractivity contribution >= 4 is 5.97 Å². The smallest absolute Gasteiger partial charge is 0.338 e. The summed E-state index contributed by atoms with van der Waals surface area (Å²) in [6, 6.07) is 5.21. The van der Waals surface area contributed by atoms with E-state index in [9.17, 15) is 4.79 Å². The maximum atomic E-state index is 11.9. The first-order valence-electron chi connectivity index (χ1n) is 10.7. The molecular weight excluding hydrogens is 340 g/mol. The molecule has 1 aromatic carbocycles. The van der Waals surface area contributed by atoms with Crippen LogP contribution in [0.5, 0.6) is 11.5 Å². The van der Waals surface area contributed by atoms with Gasteiger partial charge >= 0.3 is 5.97 Å². The van der Waals surface area contributed by atoms with Crippen LogP contribution in [0.1, 0.15) is 94.8 Å². The molecule has 4 nitrogen and oxygen atoms in total. The Morgan fingerprint density at radius 3 is 2.00 bits per heavy atom. The van der Waals surface area contributed by atoms with Crippen LogP contribution >= 0.6 is 0 Å². The Kier molecular flexibility index (Phi) is 13.3. The number of benzene rings is 1. The average molecular weight is 379 g/mol. The lowest BCUT2D eigenvalue weighted by atomic mass is 10.1. The van der Waals surface area contributed by atoms with Gasteiger partial charge in [-0.15, -0.1) is 0 Å². The predicted molar refractivity (Wildman–Crippen MR) is 111 cm³/mol. The highest BCUT2D eigenvalue weighted by molar-refractivity contribution is 5.90. The van der Waals surface area contributed by atoms with E-state index in [1.807, 2.05) is 6.92 Å². The van der Waals surface area contributed by atoms with Gasteiger partial charge in [-0.1, -0.05) is 71.6 Å². The number of hydrogen-bond acceptors (Lipinski definition) is 4. The molecule has 0 aliphatic heterocycles. The van der Waals surface area contributed by atoms with E-state index in [0.717, 1.165) is 12.8 Å². The second-order valence-electron chi connectivity index (χ2n) is 7.03. The van der Waals surface area contributed by atoms with Crippen molar-refractivity contribution in [1.29, 1.82) is 0 Å². The Morgan fingerprint density at radius 2 is 1.41 bits per heavy atom. The van der Waals surface area contributed by atoms with Crippen LogP contribution in [-0.2, 0) is 4.74 Å². The zero-order valence-electron chi connectivity index (χ0n) is 17.6. The van der Waals surface area contributed by atoms with Crippen LogP contribution in [0.25, 0.3) is 0 Å². The number of methoxy groups -OCH3 is 1. The molecule has 0 spiro atoms. The van der Waals surface area contributed by atoms with Gasteiger partial charge < -0.3 is 14.2 Å². The molecule has 0 N–H and O–H groups in total. The van der Waals surface area contributed by atoms with Crippen molar-refractivity contribution in [3.63, 3.8) is 0 Å². The van der Waals surface area contributed by atoms with E-state index in [2.05, 4.69) is 6.92 Å². The number of unbranched alkanes of at least 4 members (excludes halogenated alkanes) is 9. The zero-order valence-corrected chi connectivity index (χ0v) is 17.6. The molecule has 154 valence electrons. The lowest BCUT2D eigenvalue weighted by Crippen LogP contribution is -2.07. The molecule has 0 heterocycles. The third-order valence-electron chi connectivity index (χ3n) is 4.59. The van der Waals surface area contributed by atoms with Crippen molar-refractivity contribution in [2.24, 2.45) is 0 Å². The molecule has 0 aliphatic rings. The molecule has 0 aliphatic carbocycles. The fraction of sp³-hybridized carbons (Fsp3) is 0.696. The summed E-state index contributed by atoms with van der Waals surface area (Å²) in [6.07, 6.45) is 13.8. The first kappa shape index (κ1) is 23.3. The SMILES string of the molecule is CCCCCCCCCCCCOc1ccc(C(=O)OCCC)cc1OC. The maximum absolute atomic E-state index is 11.9. The topological polar surface area (TPSA) is 44.8 Å². The number of ether oxygens (including phenoxy) is 3. The lowest BCUT2D eigenvalue weighted by Gasteiger charge is -2.12. The van der Waals surface area contributed by atoms with Crippen LogP contribution < -0.4 is 9.47 Å². The van der Waals surface area contributed by atoms with Crippen molar-refractivity contribution in [3.8, 4) is 11.5 Å². The van der Waals surface area contributed by atoms with Crippen molar-refractivity contribution in [3.05, 3.63) is 23.8 Å². The van der Waals surface area contributed by atoms with E-state index in [0.29, 0.717) is 30.3 Å². The van der Waals surface area contributed by atoms with E-state index in [1.165, 1.54) is 57.8 Å². The Labute approximate surface area is 165 Å². The van der Waals surface area contributed by atoms with Gasteiger partial charge in [-0.25, -0.2) is 4.79 Å². The molecule has 4 heteroatoms. The summed E-state index contributed by atoms with van der Waals surface area (Å²) < 4.78 is 16.4. The maximum Gasteiger partial charge on any atom is 0.338 e. The fourth-order valence-corrected chi connectivity index (χ4v) is 2.96. The third kappa shape index (κ3) is 10.3. The van der Waals surface area contributed by atoms with Gasteiger partial charge in [0.2, 0.25) is 0 Å². The Morgan fingerprint density at radius 1 is 0.778 bits per heavy atom. The van der Waals surface area contributed by atoms with E-state index in [1.54, 1.807) is 25.3 Å². The minimum absolute atomic E-state index is 0.323. The lowest BCUT2D eigenvalue weighted by molar-refractivity contribution is 0.0504. The molecule has 0 saturated carbocycles. The van der Waals surface area contributed by atoms with Crippen LogP contribution in [0.2, 0.25) is 0 Å². The third-order valence-corrected chi connectivity index (χ3v) is 4.59. The van der Waals surface area contributed by atoms with Crippen molar-refractivity contribution < 1.29 is 19.0 Å². The minimum atomic E-state index is -0.323. The Balaban J connectivity index is 2.21. The zero-order chi connectivity index (χ0) is 19.7. The molecule has 0 saturated heterocycles. The van der Waals surface area contributed by atoms with Crippen LogP contribution in [0.3, 0.4) is 0 Å². The second-order valence-corrected chi connectivity index (χ2v) is 7.03. The van der Waals surface area contributed by atoms with Gasteiger partial charge in [-0.3, -0.25) is 0 Å². The summed E-state index contributed by atoms with van der Waals surface area (Å²) in [7, 11) is 1.59. The molecule has 0 aromatic heterocycles. The standard InChI is InChI=1S/C23H38O4/c1-4-6-7-8-9-10-11-12-13-14-18-26-21-16-15-20(19-22(21)25-3)23(24)27-17-5-2/h15-16,19H,4-14,17-18H2,1-3H3.